The molecule has 17 heavy (non-hydrogen) atoms. The lowest BCUT2D eigenvalue weighted by molar-refractivity contribution is 0.0936. The zero-order valence-corrected chi connectivity index (χ0v) is 10.7. The highest BCUT2D eigenvalue weighted by Crippen LogP contribution is 2.02. The third-order valence-electron chi connectivity index (χ3n) is 2.44. The molecule has 0 aromatic carbocycles. The summed E-state index contributed by atoms with van der Waals surface area (Å²) >= 11 is 0. The van der Waals surface area contributed by atoms with Crippen LogP contribution >= 0.6 is 0 Å². The van der Waals surface area contributed by atoms with Gasteiger partial charge in [-0.1, -0.05) is 19.1 Å². The average Bonchev–Trinajstić information content (AvgIpc) is 2.74. The highest BCUT2D eigenvalue weighted by molar-refractivity contribution is 5.92. The molecule has 3 N–H and O–H groups in total. The minimum absolute atomic E-state index is 0.0525. The lowest BCUT2D eigenvalue weighted by atomic mass is 10.1. The predicted molar refractivity (Wildman–Crippen MR) is 65.5 cm³/mol. The summed E-state index contributed by atoms with van der Waals surface area (Å²) in [5.74, 6) is 0.382. The summed E-state index contributed by atoms with van der Waals surface area (Å²) in [7, 11) is 0. The average molecular weight is 239 g/mol. The number of rotatable bonds is 6. The van der Waals surface area contributed by atoms with Crippen molar-refractivity contribution in [2.45, 2.75) is 39.8 Å². The fraction of sp³-hybridized carbons (Fsp3) is 0.727. The SMILES string of the molecule is CC(C)CCn1cc(C(=O)N[C@@H](C)CN)nn1. The maximum absolute atomic E-state index is 11.7. The standard InChI is InChI=1S/C11H21N5O/c1-8(2)4-5-16-7-10(14-15-16)11(17)13-9(3)6-12/h7-9H,4-6,12H2,1-3H3,(H,13,17)/t9-/m0/s1. The Balaban J connectivity index is 2.52. The van der Waals surface area contributed by atoms with Gasteiger partial charge in [0.1, 0.15) is 0 Å². The Morgan fingerprint density at radius 3 is 2.82 bits per heavy atom. The number of nitrogens with one attached hydrogen (secondary N) is 1. The molecule has 1 rings (SSSR count). The van der Waals surface area contributed by atoms with E-state index in [1.807, 2.05) is 6.92 Å². The number of amides is 1. The van der Waals surface area contributed by atoms with Crippen LogP contribution in [-0.2, 0) is 6.54 Å². The predicted octanol–water partition coefficient (Wildman–Crippen LogP) is 0.401. The first-order valence-electron chi connectivity index (χ1n) is 5.94. The van der Waals surface area contributed by atoms with Crippen molar-refractivity contribution < 1.29 is 4.79 Å². The van der Waals surface area contributed by atoms with Gasteiger partial charge in [0.2, 0.25) is 0 Å². The Hall–Kier alpha value is -1.43. The highest BCUT2D eigenvalue weighted by Gasteiger charge is 2.12. The number of carbonyl (C=O) groups is 1. The monoisotopic (exact) mass is 239 g/mol. The number of nitrogens with two attached hydrogens (primary N) is 1. The molecule has 0 aliphatic carbocycles. The second-order valence-corrected chi connectivity index (χ2v) is 4.66. The first-order valence-corrected chi connectivity index (χ1v) is 5.94. The molecule has 1 aromatic rings. The molecular formula is C11H21N5O. The van der Waals surface area contributed by atoms with E-state index in [1.54, 1.807) is 10.9 Å². The van der Waals surface area contributed by atoms with E-state index in [9.17, 15) is 4.79 Å². The molecule has 1 atom stereocenters. The maximum Gasteiger partial charge on any atom is 0.273 e. The van der Waals surface area contributed by atoms with Crippen LogP contribution < -0.4 is 11.1 Å². The van der Waals surface area contributed by atoms with Crippen molar-refractivity contribution in [3.05, 3.63) is 11.9 Å². The second kappa shape index (κ2) is 6.34. The van der Waals surface area contributed by atoms with Gasteiger partial charge < -0.3 is 11.1 Å². The molecule has 1 amide bonds. The summed E-state index contributed by atoms with van der Waals surface area (Å²) in [4.78, 5) is 11.7. The lowest BCUT2D eigenvalue weighted by Crippen LogP contribution is -2.37. The molecule has 1 aromatic heterocycles. The minimum Gasteiger partial charge on any atom is -0.347 e. The van der Waals surface area contributed by atoms with Gasteiger partial charge in [-0.3, -0.25) is 9.48 Å². The van der Waals surface area contributed by atoms with Crippen LogP contribution in [0.25, 0.3) is 0 Å². The first kappa shape index (κ1) is 13.6. The van der Waals surface area contributed by atoms with Crippen molar-refractivity contribution in [2.75, 3.05) is 6.54 Å². The number of nitrogens with zero attached hydrogens (tertiary/aromatic N) is 3. The molecule has 0 bridgehead atoms. The van der Waals surface area contributed by atoms with Crippen molar-refractivity contribution in [1.29, 1.82) is 0 Å². The molecule has 0 spiro atoms. The van der Waals surface area contributed by atoms with Crippen molar-refractivity contribution in [3.63, 3.8) is 0 Å². The van der Waals surface area contributed by atoms with Crippen LogP contribution in [0.5, 0.6) is 0 Å². The summed E-state index contributed by atoms with van der Waals surface area (Å²) in [5, 5.41) is 10.5. The van der Waals surface area contributed by atoms with Gasteiger partial charge >= 0.3 is 0 Å². The lowest BCUT2D eigenvalue weighted by Gasteiger charge is -2.08. The van der Waals surface area contributed by atoms with Crippen LogP contribution in [0.2, 0.25) is 0 Å². The number of hydrogen-bond donors (Lipinski definition) is 2. The van der Waals surface area contributed by atoms with Gasteiger partial charge in [0.15, 0.2) is 5.69 Å². The molecular weight excluding hydrogens is 218 g/mol. The molecule has 6 heteroatoms. The van der Waals surface area contributed by atoms with Gasteiger partial charge in [-0.25, -0.2) is 0 Å². The summed E-state index contributed by atoms with van der Waals surface area (Å²) in [6.07, 6.45) is 2.69. The van der Waals surface area contributed by atoms with E-state index in [1.165, 1.54) is 0 Å². The Labute approximate surface area is 102 Å². The van der Waals surface area contributed by atoms with Crippen LogP contribution in [0, 0.1) is 5.92 Å². The molecule has 6 nitrogen and oxygen atoms in total. The Bertz CT molecular complexity index is 360. The number of aryl methyl sites for hydroxylation is 1. The van der Waals surface area contributed by atoms with Gasteiger partial charge in [-0.05, 0) is 19.3 Å². The highest BCUT2D eigenvalue weighted by atomic mass is 16.2. The molecule has 0 saturated heterocycles. The van der Waals surface area contributed by atoms with E-state index < -0.39 is 0 Å². The van der Waals surface area contributed by atoms with Crippen LogP contribution in [0.15, 0.2) is 6.20 Å². The molecule has 96 valence electrons. The van der Waals surface area contributed by atoms with E-state index in [-0.39, 0.29) is 11.9 Å². The fourth-order valence-electron chi connectivity index (χ4n) is 1.26. The van der Waals surface area contributed by atoms with Crippen molar-refractivity contribution in [3.8, 4) is 0 Å². The quantitative estimate of drug-likeness (QED) is 0.752. The van der Waals surface area contributed by atoms with E-state index >= 15 is 0 Å². The summed E-state index contributed by atoms with van der Waals surface area (Å²) < 4.78 is 1.70. The van der Waals surface area contributed by atoms with E-state index in [0.717, 1.165) is 13.0 Å². The largest absolute Gasteiger partial charge is 0.347 e. The molecule has 0 radical (unpaired) electrons. The fourth-order valence-corrected chi connectivity index (χ4v) is 1.26. The van der Waals surface area contributed by atoms with Gasteiger partial charge in [0, 0.05) is 19.1 Å². The zero-order valence-electron chi connectivity index (χ0n) is 10.7. The smallest absolute Gasteiger partial charge is 0.273 e. The third kappa shape index (κ3) is 4.52. The zero-order chi connectivity index (χ0) is 12.8. The first-order chi connectivity index (χ1) is 8.02. The summed E-state index contributed by atoms with van der Waals surface area (Å²) in [6, 6.07) is -0.0525. The molecule has 0 aliphatic heterocycles. The number of aromatic nitrogens is 3. The number of carbonyl (C=O) groups excluding carboxylic acids is 1. The molecule has 0 aliphatic rings. The normalized spacial score (nSPS) is 12.8. The van der Waals surface area contributed by atoms with Gasteiger partial charge in [0.25, 0.3) is 5.91 Å². The summed E-state index contributed by atoms with van der Waals surface area (Å²) in [6.45, 7) is 7.33. The summed E-state index contributed by atoms with van der Waals surface area (Å²) in [5.41, 5.74) is 5.77. The van der Waals surface area contributed by atoms with Gasteiger partial charge in [0.05, 0.1) is 6.20 Å². The Kier molecular flexibility index (Phi) is 5.09. The van der Waals surface area contributed by atoms with Gasteiger partial charge in [-0.15, -0.1) is 5.10 Å². The van der Waals surface area contributed by atoms with Crippen LogP contribution in [-0.4, -0.2) is 33.5 Å². The number of hydrogen-bond acceptors (Lipinski definition) is 4. The van der Waals surface area contributed by atoms with Gasteiger partial charge in [-0.2, -0.15) is 0 Å². The Morgan fingerprint density at radius 2 is 2.24 bits per heavy atom. The second-order valence-electron chi connectivity index (χ2n) is 4.66. The molecule has 0 saturated carbocycles. The molecule has 1 heterocycles. The van der Waals surface area contributed by atoms with E-state index in [2.05, 4.69) is 29.5 Å². The van der Waals surface area contributed by atoms with Crippen LogP contribution in [0.3, 0.4) is 0 Å². The Morgan fingerprint density at radius 1 is 1.53 bits per heavy atom. The van der Waals surface area contributed by atoms with Crippen LogP contribution in [0.1, 0.15) is 37.7 Å². The molecule has 0 fully saturated rings. The third-order valence-corrected chi connectivity index (χ3v) is 2.44. The van der Waals surface area contributed by atoms with Crippen LogP contribution in [0.4, 0.5) is 0 Å². The van der Waals surface area contributed by atoms with Crippen molar-refractivity contribution in [2.24, 2.45) is 11.7 Å². The minimum atomic E-state index is -0.223. The topological polar surface area (TPSA) is 85.8 Å². The van der Waals surface area contributed by atoms with E-state index in [4.69, 9.17) is 5.73 Å². The van der Waals surface area contributed by atoms with Crippen molar-refractivity contribution in [1.82, 2.24) is 20.3 Å². The van der Waals surface area contributed by atoms with E-state index in [0.29, 0.717) is 18.2 Å². The van der Waals surface area contributed by atoms with Crippen molar-refractivity contribution >= 4 is 5.91 Å². The maximum atomic E-state index is 11.7. The molecule has 0 unspecified atom stereocenters.